The molecule has 20 heavy (non-hydrogen) atoms. The molecule has 0 radical (unpaired) electrons. The molecule has 0 fully saturated rings. The predicted octanol–water partition coefficient (Wildman–Crippen LogP) is 2.95. The van der Waals surface area contributed by atoms with Gasteiger partial charge in [-0.15, -0.1) is 0 Å². The van der Waals surface area contributed by atoms with E-state index < -0.39 is 16.9 Å². The molecule has 1 aromatic heterocycles. The Balaban J connectivity index is 2.94. The fourth-order valence-corrected chi connectivity index (χ4v) is 2.26. The van der Waals surface area contributed by atoms with Crippen LogP contribution in [0, 0.1) is 12.3 Å². The quantitative estimate of drug-likeness (QED) is 0.831. The summed E-state index contributed by atoms with van der Waals surface area (Å²) in [7, 11) is 0. The summed E-state index contributed by atoms with van der Waals surface area (Å²) < 4.78 is 2.91. The lowest BCUT2D eigenvalue weighted by atomic mass is 9.74. The van der Waals surface area contributed by atoms with E-state index in [0.717, 1.165) is 22.4 Å². The summed E-state index contributed by atoms with van der Waals surface area (Å²) in [5, 5.41) is 17.2. The van der Waals surface area contributed by atoms with Crippen molar-refractivity contribution in [2.24, 2.45) is 5.41 Å². The van der Waals surface area contributed by atoms with Gasteiger partial charge in [0.15, 0.2) is 0 Å². The van der Waals surface area contributed by atoms with Crippen molar-refractivity contribution in [1.29, 1.82) is 0 Å². The van der Waals surface area contributed by atoms with E-state index in [4.69, 9.17) is 0 Å². The molecule has 0 aliphatic heterocycles. The van der Waals surface area contributed by atoms with Gasteiger partial charge in [0.1, 0.15) is 0 Å². The standard InChI is InChI=1S/C14H24BrN3O2/c1-7-18-10(11(15)9(2)17-18)8-16-14(5,6)13(3,4)12(19)20/h16H,7-8H2,1-6H3,(H,19,20). The molecule has 0 saturated heterocycles. The summed E-state index contributed by atoms with van der Waals surface area (Å²) in [4.78, 5) is 11.4. The molecule has 2 N–H and O–H groups in total. The van der Waals surface area contributed by atoms with E-state index in [0.29, 0.717) is 6.54 Å². The van der Waals surface area contributed by atoms with Crippen molar-refractivity contribution in [2.45, 2.75) is 60.2 Å². The molecule has 0 aliphatic carbocycles. The van der Waals surface area contributed by atoms with E-state index in [9.17, 15) is 9.90 Å². The zero-order chi connectivity index (χ0) is 15.7. The molecule has 114 valence electrons. The topological polar surface area (TPSA) is 67.2 Å². The van der Waals surface area contributed by atoms with Crippen LogP contribution < -0.4 is 5.32 Å². The second-order valence-electron chi connectivity index (χ2n) is 6.07. The third-order valence-electron chi connectivity index (χ3n) is 4.25. The molecule has 0 amide bonds. The van der Waals surface area contributed by atoms with Crippen LogP contribution >= 0.6 is 15.9 Å². The number of halogens is 1. The van der Waals surface area contributed by atoms with Gasteiger partial charge >= 0.3 is 5.97 Å². The van der Waals surface area contributed by atoms with Crippen molar-refractivity contribution in [1.82, 2.24) is 15.1 Å². The van der Waals surface area contributed by atoms with Crippen LogP contribution in [-0.2, 0) is 17.9 Å². The molecule has 0 atom stereocenters. The molecule has 0 saturated carbocycles. The van der Waals surface area contributed by atoms with Crippen molar-refractivity contribution in [2.75, 3.05) is 0 Å². The van der Waals surface area contributed by atoms with Gasteiger partial charge in [-0.1, -0.05) is 0 Å². The van der Waals surface area contributed by atoms with E-state index in [1.807, 2.05) is 32.4 Å². The van der Waals surface area contributed by atoms with Crippen molar-refractivity contribution in [3.05, 3.63) is 15.9 Å². The van der Waals surface area contributed by atoms with Crippen molar-refractivity contribution < 1.29 is 9.90 Å². The number of carboxylic acid groups (broad SMARTS) is 1. The molecule has 0 bridgehead atoms. The number of carboxylic acids is 1. The lowest BCUT2D eigenvalue weighted by molar-refractivity contribution is -0.151. The summed E-state index contributed by atoms with van der Waals surface area (Å²) >= 11 is 3.55. The summed E-state index contributed by atoms with van der Waals surface area (Å²) in [5.74, 6) is -0.811. The van der Waals surface area contributed by atoms with Crippen LogP contribution in [0.25, 0.3) is 0 Å². The van der Waals surface area contributed by atoms with Gasteiger partial charge in [-0.25, -0.2) is 0 Å². The predicted molar refractivity (Wildman–Crippen MR) is 82.7 cm³/mol. The third-order valence-corrected chi connectivity index (χ3v) is 5.28. The highest BCUT2D eigenvalue weighted by atomic mass is 79.9. The minimum atomic E-state index is -0.869. The van der Waals surface area contributed by atoms with Crippen LogP contribution in [0.5, 0.6) is 0 Å². The van der Waals surface area contributed by atoms with Crippen LogP contribution in [0.4, 0.5) is 0 Å². The fraction of sp³-hybridized carbons (Fsp3) is 0.714. The number of aryl methyl sites for hydroxylation is 2. The lowest BCUT2D eigenvalue weighted by Gasteiger charge is -2.39. The van der Waals surface area contributed by atoms with Crippen LogP contribution in [0.1, 0.15) is 46.0 Å². The van der Waals surface area contributed by atoms with Gasteiger partial charge in [0.2, 0.25) is 0 Å². The first kappa shape index (κ1) is 17.2. The Morgan fingerprint density at radius 3 is 2.40 bits per heavy atom. The lowest BCUT2D eigenvalue weighted by Crippen LogP contribution is -2.54. The normalized spacial score (nSPS) is 12.8. The minimum absolute atomic E-state index is 0.547. The van der Waals surface area contributed by atoms with E-state index in [1.165, 1.54) is 0 Å². The van der Waals surface area contributed by atoms with Crippen LogP contribution in [0.15, 0.2) is 4.47 Å². The van der Waals surface area contributed by atoms with Crippen LogP contribution in [-0.4, -0.2) is 26.4 Å². The Bertz CT molecular complexity index is 507. The Kier molecular flexibility index (Phi) is 5.03. The number of nitrogens with zero attached hydrogens (tertiary/aromatic N) is 2. The second kappa shape index (κ2) is 5.85. The highest BCUT2D eigenvalue weighted by Crippen LogP contribution is 2.31. The van der Waals surface area contributed by atoms with E-state index in [2.05, 4.69) is 26.3 Å². The average molecular weight is 346 g/mol. The maximum Gasteiger partial charge on any atom is 0.310 e. The number of rotatable bonds is 6. The molecule has 0 aliphatic rings. The highest BCUT2D eigenvalue weighted by molar-refractivity contribution is 9.10. The van der Waals surface area contributed by atoms with E-state index in [-0.39, 0.29) is 0 Å². The molecule has 0 spiro atoms. The molecule has 6 heteroatoms. The summed E-state index contributed by atoms with van der Waals surface area (Å²) in [6.45, 7) is 12.6. The fourth-order valence-electron chi connectivity index (χ4n) is 1.83. The largest absolute Gasteiger partial charge is 0.481 e. The number of carbonyl (C=O) groups is 1. The summed E-state index contributed by atoms with van der Waals surface area (Å²) in [6.07, 6.45) is 0. The van der Waals surface area contributed by atoms with Gasteiger partial charge in [0.25, 0.3) is 0 Å². The number of hydrogen-bond acceptors (Lipinski definition) is 3. The molecule has 0 aromatic carbocycles. The first-order valence-electron chi connectivity index (χ1n) is 6.74. The van der Waals surface area contributed by atoms with Crippen molar-refractivity contribution >= 4 is 21.9 Å². The Hall–Kier alpha value is -0.880. The van der Waals surface area contributed by atoms with Gasteiger partial charge in [0, 0.05) is 18.6 Å². The van der Waals surface area contributed by atoms with Crippen LogP contribution in [0.2, 0.25) is 0 Å². The van der Waals surface area contributed by atoms with Crippen molar-refractivity contribution in [3.8, 4) is 0 Å². The molecule has 1 heterocycles. The maximum atomic E-state index is 11.4. The summed E-state index contributed by atoms with van der Waals surface area (Å²) in [5.41, 5.74) is 0.568. The molecule has 1 rings (SSSR count). The van der Waals surface area contributed by atoms with E-state index >= 15 is 0 Å². The Morgan fingerprint density at radius 1 is 1.40 bits per heavy atom. The molecule has 5 nitrogen and oxygen atoms in total. The molecule has 1 aromatic rings. The number of hydrogen-bond donors (Lipinski definition) is 2. The smallest absolute Gasteiger partial charge is 0.310 e. The zero-order valence-corrected chi connectivity index (χ0v) is 14.6. The van der Waals surface area contributed by atoms with Gasteiger partial charge in [0.05, 0.1) is 21.3 Å². The SMILES string of the molecule is CCn1nc(C)c(Br)c1CNC(C)(C)C(C)(C)C(=O)O. The third kappa shape index (κ3) is 3.06. The maximum absolute atomic E-state index is 11.4. The summed E-state index contributed by atoms with van der Waals surface area (Å²) in [6, 6.07) is 0. The van der Waals surface area contributed by atoms with E-state index in [1.54, 1.807) is 13.8 Å². The van der Waals surface area contributed by atoms with Crippen molar-refractivity contribution in [3.63, 3.8) is 0 Å². The monoisotopic (exact) mass is 345 g/mol. The average Bonchev–Trinajstić information content (AvgIpc) is 2.62. The first-order valence-corrected chi connectivity index (χ1v) is 7.54. The molecular formula is C14H24BrN3O2. The second-order valence-corrected chi connectivity index (χ2v) is 6.86. The Labute approximate surface area is 128 Å². The Morgan fingerprint density at radius 2 is 1.95 bits per heavy atom. The first-order chi connectivity index (χ1) is 9.04. The van der Waals surface area contributed by atoms with Gasteiger partial charge in [-0.3, -0.25) is 9.48 Å². The number of aromatic nitrogens is 2. The number of nitrogens with one attached hydrogen (secondary N) is 1. The zero-order valence-electron chi connectivity index (χ0n) is 13.0. The van der Waals surface area contributed by atoms with Gasteiger partial charge in [-0.2, -0.15) is 5.10 Å². The van der Waals surface area contributed by atoms with Gasteiger partial charge < -0.3 is 10.4 Å². The molecule has 0 unspecified atom stereocenters. The minimum Gasteiger partial charge on any atom is -0.481 e. The highest BCUT2D eigenvalue weighted by Gasteiger charge is 2.43. The molecular weight excluding hydrogens is 322 g/mol. The van der Waals surface area contributed by atoms with Gasteiger partial charge in [-0.05, 0) is 57.5 Å². The van der Waals surface area contributed by atoms with Crippen LogP contribution in [0.3, 0.4) is 0 Å². The number of aliphatic carboxylic acids is 1.